The third kappa shape index (κ3) is 3.94. The Kier molecular flexibility index (Phi) is 5.38. The van der Waals surface area contributed by atoms with Gasteiger partial charge in [0.15, 0.2) is 0 Å². The van der Waals surface area contributed by atoms with Crippen molar-refractivity contribution in [3.8, 4) is 11.3 Å². The summed E-state index contributed by atoms with van der Waals surface area (Å²) in [6.07, 6.45) is 3.51. The van der Waals surface area contributed by atoms with Crippen molar-refractivity contribution in [2.45, 2.75) is 13.8 Å². The molecule has 0 spiro atoms. The first-order valence-electron chi connectivity index (χ1n) is 8.37. The lowest BCUT2D eigenvalue weighted by Gasteiger charge is -2.10. The maximum Gasteiger partial charge on any atom is 0.250 e. The summed E-state index contributed by atoms with van der Waals surface area (Å²) in [5.41, 5.74) is 4.20. The number of hydrogen-bond donors (Lipinski definition) is 2. The molecular formula is C19H21N5O2. The number of fused-ring (bicyclic) bond motifs is 1. The summed E-state index contributed by atoms with van der Waals surface area (Å²) < 4.78 is 4.84. The van der Waals surface area contributed by atoms with Gasteiger partial charge >= 0.3 is 0 Å². The number of rotatable bonds is 6. The van der Waals surface area contributed by atoms with E-state index in [9.17, 15) is 4.79 Å². The van der Waals surface area contributed by atoms with Crippen molar-refractivity contribution < 1.29 is 9.53 Å². The Morgan fingerprint density at radius 3 is 2.65 bits per heavy atom. The number of benzene rings is 1. The van der Waals surface area contributed by atoms with E-state index in [1.807, 2.05) is 38.1 Å². The lowest BCUT2D eigenvalue weighted by Crippen LogP contribution is -2.17. The zero-order chi connectivity index (χ0) is 18.5. The van der Waals surface area contributed by atoms with Gasteiger partial charge in [-0.15, -0.1) is 0 Å². The summed E-state index contributed by atoms with van der Waals surface area (Å²) in [5.74, 6) is 0.393. The van der Waals surface area contributed by atoms with Gasteiger partial charge in [0.05, 0.1) is 11.2 Å². The van der Waals surface area contributed by atoms with Gasteiger partial charge in [0.1, 0.15) is 6.61 Å². The highest BCUT2D eigenvalue weighted by molar-refractivity contribution is 5.95. The summed E-state index contributed by atoms with van der Waals surface area (Å²) >= 11 is 0. The van der Waals surface area contributed by atoms with Crippen LogP contribution in [-0.4, -0.2) is 41.1 Å². The van der Waals surface area contributed by atoms with Crippen molar-refractivity contribution in [2.75, 3.05) is 30.9 Å². The SMILES string of the molecule is CCNc1ncc(-c2cc(C)c3ccc(NC(=O)COC)cc3n2)cn1. The van der Waals surface area contributed by atoms with E-state index in [1.54, 1.807) is 12.4 Å². The lowest BCUT2D eigenvalue weighted by atomic mass is 10.1. The number of pyridine rings is 1. The molecule has 7 nitrogen and oxygen atoms in total. The summed E-state index contributed by atoms with van der Waals surface area (Å²) in [6.45, 7) is 4.81. The van der Waals surface area contributed by atoms with Crippen LogP contribution in [0.25, 0.3) is 22.2 Å². The Labute approximate surface area is 151 Å². The van der Waals surface area contributed by atoms with Crippen LogP contribution in [0.4, 0.5) is 11.6 Å². The molecule has 0 unspecified atom stereocenters. The third-order valence-corrected chi connectivity index (χ3v) is 3.86. The van der Waals surface area contributed by atoms with Crippen LogP contribution in [0.15, 0.2) is 36.7 Å². The van der Waals surface area contributed by atoms with Crippen molar-refractivity contribution in [3.63, 3.8) is 0 Å². The minimum Gasteiger partial charge on any atom is -0.375 e. The van der Waals surface area contributed by atoms with E-state index in [2.05, 4.69) is 20.6 Å². The fourth-order valence-corrected chi connectivity index (χ4v) is 2.67. The molecule has 0 radical (unpaired) electrons. The molecule has 0 atom stereocenters. The molecule has 0 aliphatic rings. The first kappa shape index (κ1) is 17.8. The van der Waals surface area contributed by atoms with Crippen molar-refractivity contribution in [1.29, 1.82) is 0 Å². The number of hydrogen-bond acceptors (Lipinski definition) is 6. The molecule has 0 bridgehead atoms. The Balaban J connectivity index is 1.95. The first-order chi connectivity index (χ1) is 12.6. The van der Waals surface area contributed by atoms with Crippen LogP contribution in [0.5, 0.6) is 0 Å². The average molecular weight is 351 g/mol. The predicted molar refractivity (Wildman–Crippen MR) is 102 cm³/mol. The standard InChI is InChI=1S/C19H21N5O2/c1-4-20-19-21-9-13(10-22-19)16-7-12(2)15-6-5-14(8-17(15)24-16)23-18(25)11-26-3/h5-10H,4,11H2,1-3H3,(H,23,25)(H,20,21,22). The lowest BCUT2D eigenvalue weighted by molar-refractivity contribution is -0.119. The molecule has 1 aromatic carbocycles. The summed E-state index contributed by atoms with van der Waals surface area (Å²) in [4.78, 5) is 25.0. The second-order valence-corrected chi connectivity index (χ2v) is 5.86. The largest absolute Gasteiger partial charge is 0.375 e. The van der Waals surface area contributed by atoms with Crippen molar-refractivity contribution in [1.82, 2.24) is 15.0 Å². The number of nitrogens with one attached hydrogen (secondary N) is 2. The van der Waals surface area contributed by atoms with E-state index in [1.165, 1.54) is 7.11 Å². The highest BCUT2D eigenvalue weighted by Gasteiger charge is 2.08. The van der Waals surface area contributed by atoms with Gasteiger partial charge in [0.25, 0.3) is 0 Å². The van der Waals surface area contributed by atoms with Crippen LogP contribution < -0.4 is 10.6 Å². The number of anilines is 2. The molecule has 0 aliphatic carbocycles. The number of carbonyl (C=O) groups is 1. The van der Waals surface area contributed by atoms with E-state index < -0.39 is 0 Å². The fourth-order valence-electron chi connectivity index (χ4n) is 2.67. The zero-order valence-electron chi connectivity index (χ0n) is 15.0. The van der Waals surface area contributed by atoms with E-state index in [0.717, 1.165) is 34.3 Å². The molecule has 0 aliphatic heterocycles. The molecule has 0 fully saturated rings. The van der Waals surface area contributed by atoms with Crippen molar-refractivity contribution in [2.24, 2.45) is 0 Å². The van der Waals surface area contributed by atoms with Crippen molar-refractivity contribution >= 4 is 28.4 Å². The monoisotopic (exact) mass is 351 g/mol. The number of ether oxygens (including phenoxy) is 1. The molecule has 1 amide bonds. The number of carbonyl (C=O) groups excluding carboxylic acids is 1. The van der Waals surface area contributed by atoms with Gasteiger partial charge in [0, 0.05) is 42.7 Å². The molecule has 26 heavy (non-hydrogen) atoms. The highest BCUT2D eigenvalue weighted by atomic mass is 16.5. The molecule has 2 N–H and O–H groups in total. The van der Waals surface area contributed by atoms with Crippen LogP contribution in [0.3, 0.4) is 0 Å². The fraction of sp³-hybridized carbons (Fsp3) is 0.263. The van der Waals surface area contributed by atoms with Crippen molar-refractivity contribution in [3.05, 3.63) is 42.2 Å². The van der Waals surface area contributed by atoms with E-state index in [-0.39, 0.29) is 12.5 Å². The Morgan fingerprint density at radius 1 is 1.19 bits per heavy atom. The summed E-state index contributed by atoms with van der Waals surface area (Å²) in [7, 11) is 1.49. The molecule has 134 valence electrons. The molecule has 2 aromatic heterocycles. The third-order valence-electron chi connectivity index (χ3n) is 3.86. The zero-order valence-corrected chi connectivity index (χ0v) is 15.0. The predicted octanol–water partition coefficient (Wildman–Crippen LogP) is 3.02. The van der Waals surface area contributed by atoms with Crippen LogP contribution in [0.1, 0.15) is 12.5 Å². The maximum absolute atomic E-state index is 11.7. The van der Waals surface area contributed by atoms with Gasteiger partial charge in [-0.1, -0.05) is 6.07 Å². The second kappa shape index (κ2) is 7.88. The summed E-state index contributed by atoms with van der Waals surface area (Å²) in [6, 6.07) is 7.68. The molecule has 0 saturated heterocycles. The molecule has 2 heterocycles. The van der Waals surface area contributed by atoms with Gasteiger partial charge in [-0.3, -0.25) is 4.79 Å². The minimum atomic E-state index is -0.202. The van der Waals surface area contributed by atoms with Crippen LogP contribution in [0, 0.1) is 6.92 Å². The Hall–Kier alpha value is -3.06. The topological polar surface area (TPSA) is 89.0 Å². The molecule has 3 aromatic rings. The van der Waals surface area contributed by atoms with Gasteiger partial charge in [-0.05, 0) is 37.6 Å². The Morgan fingerprint density at radius 2 is 1.96 bits per heavy atom. The molecule has 7 heteroatoms. The molecule has 3 rings (SSSR count). The number of aromatic nitrogens is 3. The van der Waals surface area contributed by atoms with Gasteiger partial charge in [-0.2, -0.15) is 0 Å². The average Bonchev–Trinajstić information content (AvgIpc) is 2.62. The van der Waals surface area contributed by atoms with Crippen LogP contribution in [0.2, 0.25) is 0 Å². The number of nitrogens with zero attached hydrogens (tertiary/aromatic N) is 3. The van der Waals surface area contributed by atoms with Gasteiger partial charge < -0.3 is 15.4 Å². The number of methoxy groups -OCH3 is 1. The highest BCUT2D eigenvalue weighted by Crippen LogP contribution is 2.26. The molecule has 0 saturated carbocycles. The first-order valence-corrected chi connectivity index (χ1v) is 8.37. The maximum atomic E-state index is 11.7. The second-order valence-electron chi connectivity index (χ2n) is 5.86. The minimum absolute atomic E-state index is 0.0139. The van der Waals surface area contributed by atoms with E-state index in [4.69, 9.17) is 9.72 Å². The Bertz CT molecular complexity index is 925. The number of aryl methyl sites for hydroxylation is 1. The smallest absolute Gasteiger partial charge is 0.250 e. The van der Waals surface area contributed by atoms with Crippen LogP contribution in [-0.2, 0) is 9.53 Å². The normalized spacial score (nSPS) is 10.7. The van der Waals surface area contributed by atoms with Gasteiger partial charge in [0.2, 0.25) is 11.9 Å². The molecular weight excluding hydrogens is 330 g/mol. The van der Waals surface area contributed by atoms with E-state index >= 15 is 0 Å². The van der Waals surface area contributed by atoms with Crippen LogP contribution >= 0.6 is 0 Å². The summed E-state index contributed by atoms with van der Waals surface area (Å²) in [5, 5.41) is 6.90. The van der Waals surface area contributed by atoms with Gasteiger partial charge in [-0.25, -0.2) is 15.0 Å². The number of amides is 1. The van der Waals surface area contributed by atoms with E-state index in [0.29, 0.717) is 11.6 Å². The quantitative estimate of drug-likeness (QED) is 0.710.